The van der Waals surface area contributed by atoms with Crippen molar-refractivity contribution >= 4 is 0 Å². The molecule has 0 aromatic heterocycles. The van der Waals surface area contributed by atoms with E-state index in [1.807, 2.05) is 12.1 Å². The molecule has 0 spiro atoms. The van der Waals surface area contributed by atoms with Gasteiger partial charge in [-0.3, -0.25) is 4.90 Å². The Labute approximate surface area is 108 Å². The number of nitrogens with two attached hydrogens (primary N) is 1. The van der Waals surface area contributed by atoms with E-state index in [-0.39, 0.29) is 5.82 Å². The van der Waals surface area contributed by atoms with Crippen molar-refractivity contribution in [1.29, 1.82) is 0 Å². The lowest BCUT2D eigenvalue weighted by atomic mass is 9.98. The number of hydrogen-bond acceptors (Lipinski definition) is 3. The van der Waals surface area contributed by atoms with Gasteiger partial charge in [-0.1, -0.05) is 18.2 Å². The molecule has 1 atom stereocenters. The summed E-state index contributed by atoms with van der Waals surface area (Å²) in [6.07, 6.45) is 0.709. The summed E-state index contributed by atoms with van der Waals surface area (Å²) < 4.78 is 18.9. The third kappa shape index (κ3) is 3.77. The zero-order valence-corrected chi connectivity index (χ0v) is 10.6. The van der Waals surface area contributed by atoms with Crippen molar-refractivity contribution < 1.29 is 9.13 Å². The molecule has 1 aromatic carbocycles. The Morgan fingerprint density at radius 3 is 2.67 bits per heavy atom. The second kappa shape index (κ2) is 6.83. The topological polar surface area (TPSA) is 38.5 Å². The van der Waals surface area contributed by atoms with Crippen molar-refractivity contribution in [1.82, 2.24) is 4.90 Å². The minimum absolute atomic E-state index is 0.127. The number of rotatable bonds is 5. The van der Waals surface area contributed by atoms with E-state index in [4.69, 9.17) is 10.5 Å². The maximum absolute atomic E-state index is 13.6. The van der Waals surface area contributed by atoms with Gasteiger partial charge in [0.05, 0.1) is 13.2 Å². The Morgan fingerprint density at radius 2 is 2.00 bits per heavy atom. The van der Waals surface area contributed by atoms with Crippen LogP contribution in [0.2, 0.25) is 0 Å². The highest BCUT2D eigenvalue weighted by Gasteiger charge is 2.17. The predicted molar refractivity (Wildman–Crippen MR) is 69.9 cm³/mol. The molecule has 1 unspecified atom stereocenters. The monoisotopic (exact) mass is 252 g/mol. The molecule has 0 radical (unpaired) electrons. The average molecular weight is 252 g/mol. The summed E-state index contributed by atoms with van der Waals surface area (Å²) in [5, 5.41) is 0. The molecule has 1 fully saturated rings. The summed E-state index contributed by atoms with van der Waals surface area (Å²) in [7, 11) is 0. The molecule has 3 nitrogen and oxygen atoms in total. The highest BCUT2D eigenvalue weighted by atomic mass is 19.1. The number of halogens is 1. The zero-order valence-electron chi connectivity index (χ0n) is 10.6. The molecule has 0 amide bonds. The van der Waals surface area contributed by atoms with E-state index in [0.717, 1.165) is 38.4 Å². The Bertz CT molecular complexity index is 367. The van der Waals surface area contributed by atoms with Gasteiger partial charge in [-0.2, -0.15) is 0 Å². The molecular formula is C14H21FN2O. The van der Waals surface area contributed by atoms with Gasteiger partial charge < -0.3 is 10.5 Å². The zero-order chi connectivity index (χ0) is 12.8. The maximum Gasteiger partial charge on any atom is 0.126 e. The van der Waals surface area contributed by atoms with Crippen LogP contribution in [0.15, 0.2) is 24.3 Å². The van der Waals surface area contributed by atoms with E-state index in [2.05, 4.69) is 4.90 Å². The molecule has 2 N–H and O–H groups in total. The molecule has 1 aliphatic rings. The van der Waals surface area contributed by atoms with Gasteiger partial charge >= 0.3 is 0 Å². The lowest BCUT2D eigenvalue weighted by molar-refractivity contribution is 0.0311. The second-order valence-electron chi connectivity index (χ2n) is 4.81. The predicted octanol–water partition coefficient (Wildman–Crippen LogP) is 1.28. The summed E-state index contributed by atoms with van der Waals surface area (Å²) in [5.74, 6) is 0.179. The summed E-state index contributed by atoms with van der Waals surface area (Å²) in [6, 6.07) is 6.95. The fraction of sp³-hybridized carbons (Fsp3) is 0.571. The first-order chi connectivity index (χ1) is 8.79. The highest BCUT2D eigenvalue weighted by molar-refractivity contribution is 5.18. The Morgan fingerprint density at radius 1 is 1.28 bits per heavy atom. The van der Waals surface area contributed by atoms with Crippen LogP contribution in [-0.2, 0) is 11.2 Å². The van der Waals surface area contributed by atoms with Gasteiger partial charge in [-0.15, -0.1) is 0 Å². The van der Waals surface area contributed by atoms with Gasteiger partial charge in [0.2, 0.25) is 0 Å². The Balaban J connectivity index is 1.90. The SMILES string of the molecule is NCC(Cc1ccccc1F)CN1CCOCC1. The molecule has 1 saturated heterocycles. The lowest BCUT2D eigenvalue weighted by Crippen LogP contribution is -2.41. The first kappa shape index (κ1) is 13.5. The van der Waals surface area contributed by atoms with Crippen LogP contribution < -0.4 is 5.73 Å². The number of nitrogens with zero attached hydrogens (tertiary/aromatic N) is 1. The van der Waals surface area contributed by atoms with Crippen molar-refractivity contribution in [3.05, 3.63) is 35.6 Å². The van der Waals surface area contributed by atoms with Crippen molar-refractivity contribution in [2.24, 2.45) is 11.7 Å². The molecule has 4 heteroatoms. The fourth-order valence-corrected chi connectivity index (χ4v) is 2.35. The van der Waals surface area contributed by atoms with Crippen LogP contribution in [0.1, 0.15) is 5.56 Å². The number of morpholine rings is 1. The quantitative estimate of drug-likeness (QED) is 0.858. The molecule has 1 aromatic rings. The van der Waals surface area contributed by atoms with Crippen LogP contribution in [0.5, 0.6) is 0 Å². The van der Waals surface area contributed by atoms with Crippen LogP contribution in [0.25, 0.3) is 0 Å². The lowest BCUT2D eigenvalue weighted by Gasteiger charge is -2.30. The minimum Gasteiger partial charge on any atom is -0.379 e. The van der Waals surface area contributed by atoms with Crippen LogP contribution in [0.3, 0.4) is 0 Å². The van der Waals surface area contributed by atoms with Crippen LogP contribution in [-0.4, -0.2) is 44.3 Å². The summed E-state index contributed by atoms with van der Waals surface area (Å²) in [4.78, 5) is 2.35. The smallest absolute Gasteiger partial charge is 0.126 e. The van der Waals surface area contributed by atoms with Crippen molar-refractivity contribution in [3.63, 3.8) is 0 Å². The van der Waals surface area contributed by atoms with E-state index in [0.29, 0.717) is 18.9 Å². The maximum atomic E-state index is 13.6. The van der Waals surface area contributed by atoms with Crippen LogP contribution in [0.4, 0.5) is 4.39 Å². The molecule has 1 heterocycles. The van der Waals surface area contributed by atoms with Gasteiger partial charge in [0.25, 0.3) is 0 Å². The normalized spacial score (nSPS) is 18.8. The van der Waals surface area contributed by atoms with Gasteiger partial charge in [-0.25, -0.2) is 4.39 Å². The van der Waals surface area contributed by atoms with Crippen LogP contribution in [0, 0.1) is 11.7 Å². The molecule has 2 rings (SSSR count). The molecular weight excluding hydrogens is 231 g/mol. The van der Waals surface area contributed by atoms with Crippen molar-refractivity contribution in [2.45, 2.75) is 6.42 Å². The number of ether oxygens (including phenoxy) is 1. The van der Waals surface area contributed by atoms with Crippen molar-refractivity contribution in [3.8, 4) is 0 Å². The van der Waals surface area contributed by atoms with E-state index in [1.54, 1.807) is 6.07 Å². The summed E-state index contributed by atoms with van der Waals surface area (Å²) >= 11 is 0. The first-order valence-electron chi connectivity index (χ1n) is 6.53. The fourth-order valence-electron chi connectivity index (χ4n) is 2.35. The molecule has 1 aliphatic heterocycles. The molecule has 0 saturated carbocycles. The van der Waals surface area contributed by atoms with Crippen molar-refractivity contribution in [2.75, 3.05) is 39.4 Å². The largest absolute Gasteiger partial charge is 0.379 e. The number of hydrogen-bond donors (Lipinski definition) is 1. The molecule has 0 aliphatic carbocycles. The van der Waals surface area contributed by atoms with Crippen LogP contribution >= 0.6 is 0 Å². The van der Waals surface area contributed by atoms with Gasteiger partial charge in [0.15, 0.2) is 0 Å². The summed E-state index contributed by atoms with van der Waals surface area (Å²) in [5.41, 5.74) is 6.57. The average Bonchev–Trinajstić information content (AvgIpc) is 2.41. The third-order valence-corrected chi connectivity index (χ3v) is 3.42. The first-order valence-corrected chi connectivity index (χ1v) is 6.53. The standard InChI is InChI=1S/C14H21FN2O/c15-14-4-2-1-3-13(14)9-12(10-16)11-17-5-7-18-8-6-17/h1-4,12H,5-11,16H2. The van der Waals surface area contributed by atoms with E-state index < -0.39 is 0 Å². The molecule has 0 bridgehead atoms. The van der Waals surface area contributed by atoms with E-state index in [1.165, 1.54) is 6.07 Å². The van der Waals surface area contributed by atoms with E-state index >= 15 is 0 Å². The van der Waals surface area contributed by atoms with Gasteiger partial charge in [-0.05, 0) is 30.5 Å². The highest BCUT2D eigenvalue weighted by Crippen LogP contribution is 2.14. The number of benzene rings is 1. The second-order valence-corrected chi connectivity index (χ2v) is 4.81. The third-order valence-electron chi connectivity index (χ3n) is 3.42. The van der Waals surface area contributed by atoms with E-state index in [9.17, 15) is 4.39 Å². The Kier molecular flexibility index (Phi) is 5.11. The van der Waals surface area contributed by atoms with Gasteiger partial charge in [0, 0.05) is 19.6 Å². The Hall–Kier alpha value is -0.970. The molecule has 100 valence electrons. The minimum atomic E-state index is -0.127. The van der Waals surface area contributed by atoms with Gasteiger partial charge in [0.1, 0.15) is 5.82 Å². The molecule has 18 heavy (non-hydrogen) atoms. The summed E-state index contributed by atoms with van der Waals surface area (Å²) in [6.45, 7) is 5.00.